The topological polar surface area (TPSA) is 53.6 Å². The molecule has 144 valence electrons. The molecule has 0 aromatic carbocycles. The minimum atomic E-state index is -0.0861. The highest BCUT2D eigenvalue weighted by atomic mass is 16.5. The fraction of sp³-hybridized carbons (Fsp3) is 0.950. The van der Waals surface area contributed by atoms with Crippen LogP contribution in [-0.4, -0.2) is 60.8 Å². The smallest absolute Gasteiger partial charge is 0.223 e. The van der Waals surface area contributed by atoms with Gasteiger partial charge in [-0.25, -0.2) is 0 Å². The standard InChI is InChI=1S/C20H37N3O2/c1-16-13-17(7-10-21-16)18(24)22-14-20(8-5-4-6-9-20)23-11-12-25-19(2,3)15-23/h16-17,21H,4-15H2,1-3H3,(H,22,24)/t16-,17-/m0/s1. The molecule has 0 aromatic heterocycles. The van der Waals surface area contributed by atoms with E-state index in [1.54, 1.807) is 0 Å². The number of morpholine rings is 1. The van der Waals surface area contributed by atoms with Crippen LogP contribution in [0.5, 0.6) is 0 Å². The summed E-state index contributed by atoms with van der Waals surface area (Å²) in [6.45, 7) is 11.1. The zero-order chi connectivity index (χ0) is 17.9. The van der Waals surface area contributed by atoms with Gasteiger partial charge >= 0.3 is 0 Å². The van der Waals surface area contributed by atoms with Crippen LogP contribution in [0.1, 0.15) is 65.7 Å². The summed E-state index contributed by atoms with van der Waals surface area (Å²) in [6, 6.07) is 0.452. The van der Waals surface area contributed by atoms with Crippen molar-refractivity contribution in [1.29, 1.82) is 0 Å². The summed E-state index contributed by atoms with van der Waals surface area (Å²) in [5.41, 5.74) is 0.0463. The molecule has 3 fully saturated rings. The van der Waals surface area contributed by atoms with Crippen molar-refractivity contribution in [2.24, 2.45) is 5.92 Å². The first-order valence-corrected chi connectivity index (χ1v) is 10.3. The van der Waals surface area contributed by atoms with E-state index in [0.29, 0.717) is 6.04 Å². The average Bonchev–Trinajstić information content (AvgIpc) is 2.59. The number of piperidine rings is 1. The zero-order valence-corrected chi connectivity index (χ0v) is 16.4. The maximum atomic E-state index is 12.8. The fourth-order valence-corrected chi connectivity index (χ4v) is 5.00. The van der Waals surface area contributed by atoms with Crippen LogP contribution in [0.25, 0.3) is 0 Å². The van der Waals surface area contributed by atoms with Gasteiger partial charge in [0.05, 0.1) is 12.2 Å². The van der Waals surface area contributed by atoms with Gasteiger partial charge in [-0.3, -0.25) is 9.69 Å². The maximum Gasteiger partial charge on any atom is 0.223 e. The number of nitrogens with zero attached hydrogens (tertiary/aromatic N) is 1. The molecule has 1 amide bonds. The molecular formula is C20H37N3O2. The Labute approximate surface area is 153 Å². The largest absolute Gasteiger partial charge is 0.373 e. The summed E-state index contributed by atoms with van der Waals surface area (Å²) in [5.74, 6) is 0.448. The number of hydrogen-bond acceptors (Lipinski definition) is 4. The number of nitrogens with one attached hydrogen (secondary N) is 2. The van der Waals surface area contributed by atoms with Crippen LogP contribution < -0.4 is 10.6 Å². The molecule has 0 radical (unpaired) electrons. The molecule has 2 heterocycles. The van der Waals surface area contributed by atoms with Gasteiger partial charge in [0.2, 0.25) is 5.91 Å². The van der Waals surface area contributed by atoms with Gasteiger partial charge in [-0.15, -0.1) is 0 Å². The van der Waals surface area contributed by atoms with E-state index in [1.807, 2.05) is 0 Å². The predicted molar refractivity (Wildman–Crippen MR) is 101 cm³/mol. The SMILES string of the molecule is C[C@H]1C[C@@H](C(=O)NCC2(N3CCOC(C)(C)C3)CCCCC2)CCN1. The van der Waals surface area contributed by atoms with Gasteiger partial charge in [0.1, 0.15) is 0 Å². The van der Waals surface area contributed by atoms with Crippen LogP contribution in [0.2, 0.25) is 0 Å². The second-order valence-electron chi connectivity index (χ2n) is 9.11. The minimum Gasteiger partial charge on any atom is -0.373 e. The highest BCUT2D eigenvalue weighted by molar-refractivity contribution is 5.78. The Morgan fingerprint density at radius 1 is 1.28 bits per heavy atom. The summed E-state index contributed by atoms with van der Waals surface area (Å²) < 4.78 is 5.93. The fourth-order valence-electron chi connectivity index (χ4n) is 5.00. The summed E-state index contributed by atoms with van der Waals surface area (Å²) in [5, 5.41) is 6.80. The molecule has 2 aliphatic heterocycles. The van der Waals surface area contributed by atoms with Gasteiger partial charge in [-0.2, -0.15) is 0 Å². The van der Waals surface area contributed by atoms with Crippen molar-refractivity contribution in [2.75, 3.05) is 32.8 Å². The molecule has 1 aliphatic carbocycles. The van der Waals surface area contributed by atoms with Gasteiger partial charge in [0.15, 0.2) is 0 Å². The summed E-state index contributed by atoms with van der Waals surface area (Å²) >= 11 is 0. The minimum absolute atomic E-state index is 0.0861. The van der Waals surface area contributed by atoms with Crippen LogP contribution in [-0.2, 0) is 9.53 Å². The van der Waals surface area contributed by atoms with E-state index < -0.39 is 0 Å². The van der Waals surface area contributed by atoms with Crippen molar-refractivity contribution in [3.63, 3.8) is 0 Å². The second kappa shape index (κ2) is 7.93. The van der Waals surface area contributed by atoms with E-state index in [-0.39, 0.29) is 23.0 Å². The molecule has 0 bridgehead atoms. The number of amides is 1. The first kappa shape index (κ1) is 19.1. The molecule has 3 aliphatic rings. The van der Waals surface area contributed by atoms with Crippen molar-refractivity contribution in [3.8, 4) is 0 Å². The van der Waals surface area contributed by atoms with E-state index in [4.69, 9.17) is 4.74 Å². The monoisotopic (exact) mass is 351 g/mol. The lowest BCUT2D eigenvalue weighted by atomic mass is 9.79. The maximum absolute atomic E-state index is 12.8. The molecule has 0 spiro atoms. The van der Waals surface area contributed by atoms with Crippen molar-refractivity contribution >= 4 is 5.91 Å². The molecule has 2 N–H and O–H groups in total. The third-order valence-electron chi connectivity index (χ3n) is 6.47. The van der Waals surface area contributed by atoms with Crippen LogP contribution in [0.3, 0.4) is 0 Å². The lowest BCUT2D eigenvalue weighted by molar-refractivity contribution is -0.132. The van der Waals surface area contributed by atoms with Crippen LogP contribution in [0, 0.1) is 5.92 Å². The van der Waals surface area contributed by atoms with Gasteiger partial charge < -0.3 is 15.4 Å². The lowest BCUT2D eigenvalue weighted by Crippen LogP contribution is -2.63. The molecule has 0 aromatic rings. The zero-order valence-electron chi connectivity index (χ0n) is 16.4. The molecule has 1 saturated carbocycles. The number of ether oxygens (including phenoxy) is 1. The first-order valence-electron chi connectivity index (χ1n) is 10.3. The Kier molecular flexibility index (Phi) is 6.07. The normalized spacial score (nSPS) is 32.9. The number of carbonyl (C=O) groups excluding carboxylic acids is 1. The third kappa shape index (κ3) is 4.75. The van der Waals surface area contributed by atoms with E-state index in [0.717, 1.165) is 45.6 Å². The lowest BCUT2D eigenvalue weighted by Gasteiger charge is -2.51. The van der Waals surface area contributed by atoms with E-state index in [9.17, 15) is 4.79 Å². The third-order valence-corrected chi connectivity index (χ3v) is 6.47. The Hall–Kier alpha value is -0.650. The van der Waals surface area contributed by atoms with Crippen molar-refractivity contribution in [1.82, 2.24) is 15.5 Å². The van der Waals surface area contributed by atoms with Crippen molar-refractivity contribution in [3.05, 3.63) is 0 Å². The van der Waals surface area contributed by atoms with Gasteiger partial charge in [-0.05, 0) is 53.0 Å². The highest BCUT2D eigenvalue weighted by Crippen LogP contribution is 2.36. The Morgan fingerprint density at radius 2 is 2.04 bits per heavy atom. The van der Waals surface area contributed by atoms with E-state index in [2.05, 4.69) is 36.3 Å². The van der Waals surface area contributed by atoms with Gasteiger partial charge in [0.25, 0.3) is 0 Å². The Balaban J connectivity index is 1.63. The van der Waals surface area contributed by atoms with Crippen molar-refractivity contribution in [2.45, 2.75) is 82.9 Å². The predicted octanol–water partition coefficient (Wildman–Crippen LogP) is 2.30. The number of carbonyl (C=O) groups is 1. The molecule has 3 rings (SSSR count). The quantitative estimate of drug-likeness (QED) is 0.816. The van der Waals surface area contributed by atoms with E-state index >= 15 is 0 Å². The molecule has 0 unspecified atom stereocenters. The first-order chi connectivity index (χ1) is 11.9. The van der Waals surface area contributed by atoms with Gasteiger partial charge in [0, 0.05) is 37.1 Å². The van der Waals surface area contributed by atoms with Crippen LogP contribution in [0.15, 0.2) is 0 Å². The Bertz CT molecular complexity index is 460. The molecule has 2 saturated heterocycles. The molecule has 5 nitrogen and oxygen atoms in total. The summed E-state index contributed by atoms with van der Waals surface area (Å²) in [4.78, 5) is 15.4. The molecule has 25 heavy (non-hydrogen) atoms. The second-order valence-corrected chi connectivity index (χ2v) is 9.11. The van der Waals surface area contributed by atoms with Crippen LogP contribution >= 0.6 is 0 Å². The Morgan fingerprint density at radius 3 is 2.72 bits per heavy atom. The number of hydrogen-bond donors (Lipinski definition) is 2. The summed E-state index contributed by atoms with van der Waals surface area (Å²) in [6.07, 6.45) is 8.21. The van der Waals surface area contributed by atoms with Crippen LogP contribution in [0.4, 0.5) is 0 Å². The molecule has 2 atom stereocenters. The molecular weight excluding hydrogens is 314 g/mol. The van der Waals surface area contributed by atoms with Crippen molar-refractivity contribution < 1.29 is 9.53 Å². The molecule has 5 heteroatoms. The van der Waals surface area contributed by atoms with E-state index in [1.165, 1.54) is 32.1 Å². The summed E-state index contributed by atoms with van der Waals surface area (Å²) in [7, 11) is 0. The highest BCUT2D eigenvalue weighted by Gasteiger charge is 2.42. The van der Waals surface area contributed by atoms with Gasteiger partial charge in [-0.1, -0.05) is 19.3 Å². The average molecular weight is 352 g/mol. The number of rotatable bonds is 4.